The molecule has 0 radical (unpaired) electrons. The lowest BCUT2D eigenvalue weighted by atomic mass is 9.87. The summed E-state index contributed by atoms with van der Waals surface area (Å²) in [6.45, 7) is 4.84. The zero-order valence-corrected chi connectivity index (χ0v) is 17.1. The van der Waals surface area contributed by atoms with Crippen LogP contribution in [-0.2, 0) is 4.79 Å². The smallest absolute Gasteiger partial charge is 0.225 e. The predicted octanol–water partition coefficient (Wildman–Crippen LogP) is 2.14. The lowest BCUT2D eigenvalue weighted by Crippen LogP contribution is -2.40. The Bertz CT molecular complexity index is 693. The Labute approximate surface area is 166 Å². The highest BCUT2D eigenvalue weighted by Crippen LogP contribution is 2.42. The lowest BCUT2D eigenvalue weighted by molar-refractivity contribution is -0.125. The van der Waals surface area contributed by atoms with Crippen LogP contribution in [-0.4, -0.2) is 56.3 Å². The molecule has 1 heterocycles. The van der Waals surface area contributed by atoms with Crippen LogP contribution in [0.1, 0.15) is 31.2 Å². The molecule has 1 aromatic carbocycles. The van der Waals surface area contributed by atoms with Crippen LogP contribution in [0.25, 0.3) is 0 Å². The van der Waals surface area contributed by atoms with Gasteiger partial charge in [0.15, 0.2) is 16.6 Å². The van der Waals surface area contributed by atoms with Crippen LogP contribution in [0.5, 0.6) is 11.5 Å². The second-order valence-corrected chi connectivity index (χ2v) is 7.61. The van der Waals surface area contributed by atoms with Crippen molar-refractivity contribution in [3.63, 3.8) is 0 Å². The predicted molar refractivity (Wildman–Crippen MR) is 109 cm³/mol. The maximum atomic E-state index is 13.0. The SMILES string of the molecule is CCNC(=S)N1CC(C(=O)NCC2CC2)C(c2cccc(OC)c2OC)C1. The third kappa shape index (κ3) is 4.46. The monoisotopic (exact) mass is 391 g/mol. The van der Waals surface area contributed by atoms with Crippen LogP contribution in [0.15, 0.2) is 18.2 Å². The normalized spacial score (nSPS) is 21.7. The van der Waals surface area contributed by atoms with Crippen molar-refractivity contribution in [2.24, 2.45) is 11.8 Å². The van der Waals surface area contributed by atoms with Crippen LogP contribution >= 0.6 is 12.2 Å². The van der Waals surface area contributed by atoms with Gasteiger partial charge in [0.25, 0.3) is 0 Å². The number of rotatable bonds is 7. The number of ether oxygens (including phenoxy) is 2. The number of amides is 1. The van der Waals surface area contributed by atoms with Crippen LogP contribution < -0.4 is 20.1 Å². The molecule has 0 spiro atoms. The Morgan fingerprint density at radius 2 is 2.00 bits per heavy atom. The highest BCUT2D eigenvalue weighted by Gasteiger charge is 2.41. The van der Waals surface area contributed by atoms with Gasteiger partial charge in [0.1, 0.15) is 0 Å². The average molecular weight is 392 g/mol. The number of carbonyl (C=O) groups excluding carboxylic acids is 1. The van der Waals surface area contributed by atoms with E-state index in [2.05, 4.69) is 15.5 Å². The minimum Gasteiger partial charge on any atom is -0.493 e. The van der Waals surface area contributed by atoms with Gasteiger partial charge in [-0.25, -0.2) is 0 Å². The van der Waals surface area contributed by atoms with Gasteiger partial charge in [0, 0.05) is 37.7 Å². The van der Waals surface area contributed by atoms with Crippen molar-refractivity contribution in [2.45, 2.75) is 25.7 Å². The second-order valence-electron chi connectivity index (χ2n) is 7.22. The van der Waals surface area contributed by atoms with Gasteiger partial charge in [-0.05, 0) is 44.0 Å². The van der Waals surface area contributed by atoms with Crippen LogP contribution in [0.3, 0.4) is 0 Å². The van der Waals surface area contributed by atoms with E-state index in [9.17, 15) is 4.79 Å². The van der Waals surface area contributed by atoms with Gasteiger partial charge in [-0.2, -0.15) is 0 Å². The molecule has 2 atom stereocenters. The lowest BCUT2D eigenvalue weighted by Gasteiger charge is -2.22. The Morgan fingerprint density at radius 1 is 1.22 bits per heavy atom. The van der Waals surface area contributed by atoms with Crippen molar-refractivity contribution in [2.75, 3.05) is 40.4 Å². The van der Waals surface area contributed by atoms with Gasteiger partial charge in [0.2, 0.25) is 5.91 Å². The summed E-state index contributed by atoms with van der Waals surface area (Å²) in [4.78, 5) is 15.1. The summed E-state index contributed by atoms with van der Waals surface area (Å²) in [7, 11) is 3.27. The topological polar surface area (TPSA) is 62.8 Å². The maximum absolute atomic E-state index is 13.0. The number of benzene rings is 1. The number of para-hydroxylation sites is 1. The maximum Gasteiger partial charge on any atom is 0.225 e. The number of likely N-dealkylation sites (tertiary alicyclic amines) is 1. The second kappa shape index (κ2) is 8.78. The molecule has 148 valence electrons. The first-order valence-electron chi connectivity index (χ1n) is 9.60. The van der Waals surface area contributed by atoms with Crippen molar-refractivity contribution in [1.29, 1.82) is 0 Å². The molecular formula is C20H29N3O3S. The van der Waals surface area contributed by atoms with E-state index < -0.39 is 0 Å². The van der Waals surface area contributed by atoms with Crippen molar-refractivity contribution in [3.05, 3.63) is 23.8 Å². The molecule has 7 heteroatoms. The van der Waals surface area contributed by atoms with E-state index in [1.807, 2.05) is 25.1 Å². The number of thiocarbonyl (C=S) groups is 1. The van der Waals surface area contributed by atoms with Gasteiger partial charge < -0.3 is 25.0 Å². The Hall–Kier alpha value is -2.02. The number of hydrogen-bond acceptors (Lipinski definition) is 4. The summed E-state index contributed by atoms with van der Waals surface area (Å²) < 4.78 is 11.1. The summed E-state index contributed by atoms with van der Waals surface area (Å²) in [5, 5.41) is 7.04. The van der Waals surface area contributed by atoms with E-state index in [0.717, 1.165) is 18.7 Å². The first-order valence-corrected chi connectivity index (χ1v) is 10.0. The Morgan fingerprint density at radius 3 is 2.63 bits per heavy atom. The van der Waals surface area contributed by atoms with Gasteiger partial charge in [-0.1, -0.05) is 12.1 Å². The molecule has 2 N–H and O–H groups in total. The molecule has 2 fully saturated rings. The molecule has 1 aromatic rings. The number of methoxy groups -OCH3 is 2. The van der Waals surface area contributed by atoms with Crippen LogP contribution in [0.2, 0.25) is 0 Å². The fourth-order valence-electron chi connectivity index (χ4n) is 3.72. The first-order chi connectivity index (χ1) is 13.1. The highest BCUT2D eigenvalue weighted by molar-refractivity contribution is 7.80. The zero-order valence-electron chi connectivity index (χ0n) is 16.3. The highest BCUT2D eigenvalue weighted by atomic mass is 32.1. The number of carbonyl (C=O) groups is 1. The molecule has 6 nitrogen and oxygen atoms in total. The van der Waals surface area contributed by atoms with Crippen molar-refractivity contribution < 1.29 is 14.3 Å². The van der Waals surface area contributed by atoms with E-state index in [1.54, 1.807) is 14.2 Å². The molecule has 2 unspecified atom stereocenters. The molecule has 2 aliphatic rings. The molecule has 1 saturated carbocycles. The van der Waals surface area contributed by atoms with Gasteiger partial charge in [0.05, 0.1) is 20.1 Å². The fourth-order valence-corrected chi connectivity index (χ4v) is 4.01. The molecule has 27 heavy (non-hydrogen) atoms. The van der Waals surface area contributed by atoms with E-state index >= 15 is 0 Å². The van der Waals surface area contributed by atoms with Crippen molar-refractivity contribution in [3.8, 4) is 11.5 Å². The summed E-state index contributed by atoms with van der Waals surface area (Å²) in [6, 6.07) is 5.84. The van der Waals surface area contributed by atoms with Crippen molar-refractivity contribution >= 4 is 23.2 Å². The van der Waals surface area contributed by atoms with Gasteiger partial charge in [-0.15, -0.1) is 0 Å². The van der Waals surface area contributed by atoms with E-state index in [1.165, 1.54) is 12.8 Å². The summed E-state index contributed by atoms with van der Waals surface area (Å²) in [5.41, 5.74) is 0.991. The molecule has 0 bridgehead atoms. The third-order valence-corrected chi connectivity index (χ3v) is 5.77. The molecule has 1 saturated heterocycles. The molecule has 3 rings (SSSR count). The molecule has 1 aliphatic carbocycles. The summed E-state index contributed by atoms with van der Waals surface area (Å²) in [5.74, 6) is 1.94. The minimum atomic E-state index is -0.179. The largest absolute Gasteiger partial charge is 0.493 e. The van der Waals surface area contributed by atoms with Gasteiger partial charge >= 0.3 is 0 Å². The molecule has 0 aromatic heterocycles. The number of nitrogens with one attached hydrogen (secondary N) is 2. The minimum absolute atomic E-state index is 0.00846. The quantitative estimate of drug-likeness (QED) is 0.695. The van der Waals surface area contributed by atoms with E-state index in [4.69, 9.17) is 21.7 Å². The Kier molecular flexibility index (Phi) is 6.42. The zero-order chi connectivity index (χ0) is 19.4. The number of nitrogens with zero attached hydrogens (tertiary/aromatic N) is 1. The number of hydrogen-bond donors (Lipinski definition) is 2. The van der Waals surface area contributed by atoms with E-state index in [-0.39, 0.29) is 17.7 Å². The third-order valence-electron chi connectivity index (χ3n) is 5.37. The van der Waals surface area contributed by atoms with Crippen molar-refractivity contribution in [1.82, 2.24) is 15.5 Å². The fraction of sp³-hybridized carbons (Fsp3) is 0.600. The van der Waals surface area contributed by atoms with Gasteiger partial charge in [-0.3, -0.25) is 4.79 Å². The molecular weight excluding hydrogens is 362 g/mol. The summed E-state index contributed by atoms with van der Waals surface area (Å²) in [6.07, 6.45) is 2.43. The first kappa shape index (κ1) is 19.7. The van der Waals surface area contributed by atoms with E-state index in [0.29, 0.717) is 35.6 Å². The standard InChI is InChI=1S/C20H29N3O3S/c1-4-21-20(27)23-11-15(14-6-5-7-17(25-2)18(14)26-3)16(12-23)19(24)22-10-13-8-9-13/h5-7,13,15-16H,4,8-12H2,1-3H3,(H,21,27)(H,22,24). The average Bonchev–Trinajstić information content (AvgIpc) is 3.41. The molecule has 1 amide bonds. The van der Waals surface area contributed by atoms with Crippen LogP contribution in [0.4, 0.5) is 0 Å². The Balaban J connectivity index is 1.86. The van der Waals surface area contributed by atoms with Crippen LogP contribution in [0, 0.1) is 11.8 Å². The molecule has 1 aliphatic heterocycles. The summed E-state index contributed by atoms with van der Waals surface area (Å²) >= 11 is 5.51.